The first-order chi connectivity index (χ1) is 14.0. The molecule has 0 saturated heterocycles. The van der Waals surface area contributed by atoms with Crippen LogP contribution in [0.5, 0.6) is 0 Å². The molecule has 144 valence electrons. The van der Waals surface area contributed by atoms with Gasteiger partial charge in [0.15, 0.2) is 0 Å². The average molecular weight is 382 g/mol. The summed E-state index contributed by atoms with van der Waals surface area (Å²) >= 11 is 0. The number of hydrogen-bond acceptors (Lipinski definition) is 2. The number of fused-ring (bicyclic) bond motifs is 1. The maximum Gasteiger partial charge on any atom is 0.257 e. The topological polar surface area (TPSA) is 51.1 Å². The van der Waals surface area contributed by atoms with Crippen LogP contribution in [0.25, 0.3) is 10.8 Å². The van der Waals surface area contributed by atoms with Gasteiger partial charge in [0.05, 0.1) is 12.1 Å². The molecule has 0 saturated carbocycles. The highest BCUT2D eigenvalue weighted by molar-refractivity contribution is 6.04. The van der Waals surface area contributed by atoms with Crippen LogP contribution < -0.4 is 10.9 Å². The Labute approximate surface area is 169 Å². The van der Waals surface area contributed by atoms with Gasteiger partial charge in [0.25, 0.3) is 11.5 Å². The van der Waals surface area contributed by atoms with E-state index in [1.165, 1.54) is 6.07 Å². The molecule has 3 aromatic carbocycles. The van der Waals surface area contributed by atoms with Crippen molar-refractivity contribution in [2.45, 2.75) is 20.4 Å². The maximum absolute atomic E-state index is 12.8. The predicted molar refractivity (Wildman–Crippen MR) is 118 cm³/mol. The Kier molecular flexibility index (Phi) is 5.00. The molecule has 1 N–H and O–H groups in total. The normalized spacial score (nSPS) is 10.8. The Morgan fingerprint density at radius 1 is 0.897 bits per heavy atom. The molecule has 29 heavy (non-hydrogen) atoms. The van der Waals surface area contributed by atoms with E-state index in [4.69, 9.17) is 0 Å². The molecule has 0 spiro atoms. The van der Waals surface area contributed by atoms with Crippen molar-refractivity contribution < 1.29 is 4.79 Å². The van der Waals surface area contributed by atoms with Gasteiger partial charge in [0.1, 0.15) is 0 Å². The Hall–Kier alpha value is -3.66. The number of nitrogens with zero attached hydrogens (tertiary/aromatic N) is 1. The monoisotopic (exact) mass is 382 g/mol. The van der Waals surface area contributed by atoms with Gasteiger partial charge in [0, 0.05) is 18.0 Å². The quantitative estimate of drug-likeness (QED) is 0.545. The van der Waals surface area contributed by atoms with Crippen LogP contribution in [-0.4, -0.2) is 10.5 Å². The highest BCUT2D eigenvalue weighted by atomic mass is 16.2. The number of amides is 1. The summed E-state index contributed by atoms with van der Waals surface area (Å²) in [5.41, 5.74) is 4.28. The molecule has 0 fully saturated rings. The average Bonchev–Trinajstić information content (AvgIpc) is 2.73. The summed E-state index contributed by atoms with van der Waals surface area (Å²) in [5, 5.41) is 5.18. The summed E-state index contributed by atoms with van der Waals surface area (Å²) < 4.78 is 1.58. The second-order valence-corrected chi connectivity index (χ2v) is 7.22. The predicted octanol–water partition coefficient (Wildman–Crippen LogP) is 4.92. The Balaban J connectivity index is 1.65. The van der Waals surface area contributed by atoms with Gasteiger partial charge in [-0.1, -0.05) is 54.6 Å². The Morgan fingerprint density at radius 2 is 1.66 bits per heavy atom. The number of benzene rings is 3. The molecule has 0 aliphatic carbocycles. The fourth-order valence-electron chi connectivity index (χ4n) is 3.48. The molecule has 4 nitrogen and oxygen atoms in total. The summed E-state index contributed by atoms with van der Waals surface area (Å²) in [7, 11) is 0. The van der Waals surface area contributed by atoms with E-state index in [-0.39, 0.29) is 11.5 Å². The van der Waals surface area contributed by atoms with Crippen molar-refractivity contribution in [3.63, 3.8) is 0 Å². The van der Waals surface area contributed by atoms with E-state index in [2.05, 4.69) is 17.4 Å². The van der Waals surface area contributed by atoms with Gasteiger partial charge < -0.3 is 9.88 Å². The highest BCUT2D eigenvalue weighted by Gasteiger charge is 2.11. The number of pyridine rings is 1. The van der Waals surface area contributed by atoms with Crippen LogP contribution in [0.15, 0.2) is 83.8 Å². The first-order valence-corrected chi connectivity index (χ1v) is 9.57. The fraction of sp³-hybridized carbons (Fsp3) is 0.120. The molecule has 0 aliphatic rings. The Morgan fingerprint density at radius 3 is 2.52 bits per heavy atom. The molecule has 4 heteroatoms. The molecule has 1 heterocycles. The lowest BCUT2D eigenvalue weighted by Crippen LogP contribution is -2.22. The summed E-state index contributed by atoms with van der Waals surface area (Å²) in [6.07, 6.45) is 1.63. The van der Waals surface area contributed by atoms with Crippen molar-refractivity contribution in [3.8, 4) is 0 Å². The van der Waals surface area contributed by atoms with E-state index in [9.17, 15) is 9.59 Å². The zero-order valence-corrected chi connectivity index (χ0v) is 16.5. The Bertz CT molecular complexity index is 1270. The lowest BCUT2D eigenvalue weighted by Gasteiger charge is -2.13. The van der Waals surface area contributed by atoms with E-state index in [1.54, 1.807) is 16.8 Å². The van der Waals surface area contributed by atoms with Crippen LogP contribution in [0.4, 0.5) is 5.69 Å². The highest BCUT2D eigenvalue weighted by Crippen LogP contribution is 2.20. The minimum absolute atomic E-state index is 0.138. The van der Waals surface area contributed by atoms with Gasteiger partial charge in [-0.25, -0.2) is 0 Å². The largest absolute Gasteiger partial charge is 0.322 e. The molecule has 4 aromatic rings. The molecule has 0 aliphatic heterocycles. The van der Waals surface area contributed by atoms with E-state index in [0.717, 1.165) is 33.2 Å². The van der Waals surface area contributed by atoms with Crippen molar-refractivity contribution in [3.05, 3.63) is 112 Å². The molecule has 0 unspecified atom stereocenters. The number of aromatic nitrogens is 1. The maximum atomic E-state index is 12.8. The van der Waals surface area contributed by atoms with E-state index >= 15 is 0 Å². The summed E-state index contributed by atoms with van der Waals surface area (Å²) in [6.45, 7) is 4.40. The van der Waals surface area contributed by atoms with E-state index in [0.29, 0.717) is 12.1 Å². The second kappa shape index (κ2) is 7.76. The summed E-state index contributed by atoms with van der Waals surface area (Å²) in [4.78, 5) is 25.2. The van der Waals surface area contributed by atoms with Crippen molar-refractivity contribution in [2.24, 2.45) is 0 Å². The third-order valence-corrected chi connectivity index (χ3v) is 5.32. The lowest BCUT2D eigenvalue weighted by atomic mass is 10.0. The third kappa shape index (κ3) is 3.83. The number of carbonyl (C=O) groups is 1. The van der Waals surface area contributed by atoms with E-state index in [1.807, 2.05) is 62.4 Å². The van der Waals surface area contributed by atoms with Crippen LogP contribution in [0.2, 0.25) is 0 Å². The van der Waals surface area contributed by atoms with Crippen LogP contribution >= 0.6 is 0 Å². The first kappa shape index (κ1) is 18.7. The second-order valence-electron chi connectivity index (χ2n) is 7.22. The van der Waals surface area contributed by atoms with Gasteiger partial charge >= 0.3 is 0 Å². The van der Waals surface area contributed by atoms with Gasteiger partial charge in [-0.05, 0) is 53.4 Å². The molecular formula is C25H22N2O2. The number of rotatable bonds is 4. The molecule has 0 radical (unpaired) electrons. The molecule has 0 bridgehead atoms. The lowest BCUT2D eigenvalue weighted by molar-refractivity contribution is 0.102. The number of anilines is 1. The smallest absolute Gasteiger partial charge is 0.257 e. The summed E-state index contributed by atoms with van der Waals surface area (Å²) in [6, 6.07) is 23.0. The summed E-state index contributed by atoms with van der Waals surface area (Å²) in [5.74, 6) is -0.231. The van der Waals surface area contributed by atoms with Crippen LogP contribution in [-0.2, 0) is 6.54 Å². The van der Waals surface area contributed by atoms with Gasteiger partial charge in [-0.15, -0.1) is 0 Å². The number of aryl methyl sites for hydroxylation is 1. The van der Waals surface area contributed by atoms with Crippen LogP contribution in [0.3, 0.4) is 0 Å². The number of carbonyl (C=O) groups excluding carboxylic acids is 1. The zero-order chi connectivity index (χ0) is 20.4. The van der Waals surface area contributed by atoms with Gasteiger partial charge in [-0.2, -0.15) is 0 Å². The molecule has 4 rings (SSSR count). The minimum Gasteiger partial charge on any atom is -0.322 e. The van der Waals surface area contributed by atoms with Crippen LogP contribution in [0, 0.1) is 13.8 Å². The van der Waals surface area contributed by atoms with Crippen molar-refractivity contribution in [1.82, 2.24) is 4.57 Å². The van der Waals surface area contributed by atoms with Gasteiger partial charge in [-0.3, -0.25) is 9.59 Å². The molecule has 1 amide bonds. The number of hydrogen-bond donors (Lipinski definition) is 1. The van der Waals surface area contributed by atoms with E-state index < -0.39 is 0 Å². The molecule has 0 atom stereocenters. The third-order valence-electron chi connectivity index (χ3n) is 5.32. The van der Waals surface area contributed by atoms with Gasteiger partial charge in [0.2, 0.25) is 0 Å². The SMILES string of the molecule is Cc1cccc(NC(=O)c2ccc(=O)n(Cc3cccc4ccccc34)c2)c1C. The fourth-order valence-corrected chi connectivity index (χ4v) is 3.48. The van der Waals surface area contributed by atoms with Crippen molar-refractivity contribution in [2.75, 3.05) is 5.32 Å². The number of nitrogens with one attached hydrogen (secondary N) is 1. The first-order valence-electron chi connectivity index (χ1n) is 9.57. The van der Waals surface area contributed by atoms with Crippen molar-refractivity contribution in [1.29, 1.82) is 0 Å². The standard InChI is InChI=1S/C25H22N2O2/c1-17-7-5-12-23(18(17)2)26-25(29)21-13-14-24(28)27(16-21)15-20-10-6-9-19-8-3-4-11-22(19)20/h3-14,16H,15H2,1-2H3,(H,26,29). The van der Waals surface area contributed by atoms with Crippen LogP contribution in [0.1, 0.15) is 27.0 Å². The minimum atomic E-state index is -0.231. The van der Waals surface area contributed by atoms with Crippen molar-refractivity contribution >= 4 is 22.4 Å². The molecule has 1 aromatic heterocycles. The molecular weight excluding hydrogens is 360 g/mol. The zero-order valence-electron chi connectivity index (χ0n) is 16.5.